The summed E-state index contributed by atoms with van der Waals surface area (Å²) < 4.78 is 0. The SMILES string of the molecule is CC(C)C(=O)NCC(C)(C)C. The van der Waals surface area contributed by atoms with Gasteiger partial charge >= 0.3 is 0 Å². The van der Waals surface area contributed by atoms with Gasteiger partial charge in [-0.1, -0.05) is 34.6 Å². The highest BCUT2D eigenvalue weighted by atomic mass is 16.1. The molecule has 66 valence electrons. The maximum absolute atomic E-state index is 11.1. The van der Waals surface area contributed by atoms with Crippen LogP contribution in [0.2, 0.25) is 0 Å². The third-order valence-corrected chi connectivity index (χ3v) is 1.32. The van der Waals surface area contributed by atoms with Crippen LogP contribution in [0.5, 0.6) is 0 Å². The van der Waals surface area contributed by atoms with Gasteiger partial charge in [-0.15, -0.1) is 0 Å². The van der Waals surface area contributed by atoms with Crippen LogP contribution >= 0.6 is 0 Å². The molecule has 0 unspecified atom stereocenters. The molecule has 0 radical (unpaired) electrons. The van der Waals surface area contributed by atoms with Gasteiger partial charge in [-0.25, -0.2) is 0 Å². The monoisotopic (exact) mass is 157 g/mol. The molecule has 0 heterocycles. The molecular weight excluding hydrogens is 138 g/mol. The number of rotatable bonds is 2. The minimum absolute atomic E-state index is 0.0948. The third kappa shape index (κ3) is 5.89. The van der Waals surface area contributed by atoms with E-state index in [0.717, 1.165) is 6.54 Å². The molecule has 1 amide bonds. The van der Waals surface area contributed by atoms with Gasteiger partial charge in [0.25, 0.3) is 0 Å². The molecule has 0 aliphatic carbocycles. The molecule has 0 aromatic heterocycles. The predicted molar refractivity (Wildman–Crippen MR) is 47.3 cm³/mol. The van der Waals surface area contributed by atoms with Crippen LogP contribution in [-0.2, 0) is 4.79 Å². The fraction of sp³-hybridized carbons (Fsp3) is 0.889. The molecule has 0 aliphatic heterocycles. The summed E-state index contributed by atoms with van der Waals surface area (Å²) >= 11 is 0. The first kappa shape index (κ1) is 10.5. The lowest BCUT2D eigenvalue weighted by atomic mass is 9.97. The van der Waals surface area contributed by atoms with Crippen LogP contribution < -0.4 is 5.32 Å². The van der Waals surface area contributed by atoms with Gasteiger partial charge in [-0.2, -0.15) is 0 Å². The van der Waals surface area contributed by atoms with E-state index < -0.39 is 0 Å². The van der Waals surface area contributed by atoms with Gasteiger partial charge < -0.3 is 5.32 Å². The smallest absolute Gasteiger partial charge is 0.222 e. The standard InChI is InChI=1S/C9H19NO/c1-7(2)8(11)10-6-9(3,4)5/h7H,6H2,1-5H3,(H,10,11). The van der Waals surface area contributed by atoms with Crippen LogP contribution in [0.3, 0.4) is 0 Å². The Morgan fingerprint density at radius 3 is 2.09 bits per heavy atom. The van der Waals surface area contributed by atoms with Crippen molar-refractivity contribution < 1.29 is 4.79 Å². The van der Waals surface area contributed by atoms with E-state index in [4.69, 9.17) is 0 Å². The number of carbonyl (C=O) groups is 1. The molecule has 0 aromatic carbocycles. The molecule has 0 saturated heterocycles. The summed E-state index contributed by atoms with van der Waals surface area (Å²) in [5, 5.41) is 2.88. The van der Waals surface area contributed by atoms with E-state index >= 15 is 0 Å². The van der Waals surface area contributed by atoms with Crippen molar-refractivity contribution in [3.05, 3.63) is 0 Å². The highest BCUT2D eigenvalue weighted by Gasteiger charge is 2.13. The Labute approximate surface area is 69.4 Å². The fourth-order valence-electron chi connectivity index (χ4n) is 0.556. The van der Waals surface area contributed by atoms with Crippen LogP contribution in [0.15, 0.2) is 0 Å². The molecule has 0 rings (SSSR count). The fourth-order valence-corrected chi connectivity index (χ4v) is 0.556. The average Bonchev–Trinajstić information content (AvgIpc) is 1.80. The number of hydrogen-bond acceptors (Lipinski definition) is 1. The maximum atomic E-state index is 11.1. The molecule has 2 nitrogen and oxygen atoms in total. The van der Waals surface area contributed by atoms with E-state index in [0.29, 0.717) is 0 Å². The van der Waals surface area contributed by atoms with Gasteiger partial charge in [0.1, 0.15) is 0 Å². The quantitative estimate of drug-likeness (QED) is 0.650. The zero-order chi connectivity index (χ0) is 9.07. The van der Waals surface area contributed by atoms with E-state index in [-0.39, 0.29) is 17.2 Å². The van der Waals surface area contributed by atoms with Crippen molar-refractivity contribution in [2.24, 2.45) is 11.3 Å². The largest absolute Gasteiger partial charge is 0.355 e. The number of carbonyl (C=O) groups excluding carboxylic acids is 1. The van der Waals surface area contributed by atoms with Crippen LogP contribution in [0.4, 0.5) is 0 Å². The lowest BCUT2D eigenvalue weighted by molar-refractivity contribution is -0.124. The van der Waals surface area contributed by atoms with Gasteiger partial charge in [-0.3, -0.25) is 4.79 Å². The van der Waals surface area contributed by atoms with Crippen molar-refractivity contribution in [3.63, 3.8) is 0 Å². The van der Waals surface area contributed by atoms with E-state index in [1.165, 1.54) is 0 Å². The van der Waals surface area contributed by atoms with Gasteiger partial charge in [0, 0.05) is 12.5 Å². The van der Waals surface area contributed by atoms with Crippen molar-refractivity contribution in [3.8, 4) is 0 Å². The average molecular weight is 157 g/mol. The summed E-state index contributed by atoms with van der Waals surface area (Å²) in [6.45, 7) is 10.9. The second-order valence-corrected chi connectivity index (χ2v) is 4.43. The number of hydrogen-bond donors (Lipinski definition) is 1. The minimum Gasteiger partial charge on any atom is -0.355 e. The molecular formula is C9H19NO. The van der Waals surface area contributed by atoms with E-state index in [9.17, 15) is 4.79 Å². The Bertz CT molecular complexity index is 133. The van der Waals surface area contributed by atoms with Crippen molar-refractivity contribution in [2.45, 2.75) is 34.6 Å². The molecule has 1 N–H and O–H groups in total. The molecule has 0 aromatic rings. The Morgan fingerprint density at radius 2 is 1.82 bits per heavy atom. The topological polar surface area (TPSA) is 29.1 Å². The van der Waals surface area contributed by atoms with E-state index in [1.54, 1.807) is 0 Å². The highest BCUT2D eigenvalue weighted by Crippen LogP contribution is 2.10. The van der Waals surface area contributed by atoms with E-state index in [2.05, 4.69) is 26.1 Å². The highest BCUT2D eigenvalue weighted by molar-refractivity contribution is 5.77. The van der Waals surface area contributed by atoms with Crippen molar-refractivity contribution in [2.75, 3.05) is 6.54 Å². The third-order valence-electron chi connectivity index (χ3n) is 1.32. The van der Waals surface area contributed by atoms with Crippen LogP contribution in [0.25, 0.3) is 0 Å². The van der Waals surface area contributed by atoms with Crippen LogP contribution in [0.1, 0.15) is 34.6 Å². The first-order valence-electron chi connectivity index (χ1n) is 4.10. The first-order valence-corrected chi connectivity index (χ1v) is 4.10. The molecule has 0 saturated carbocycles. The number of amides is 1. The summed E-state index contributed by atoms with van der Waals surface area (Å²) in [7, 11) is 0. The molecule has 0 fully saturated rings. The van der Waals surface area contributed by atoms with Gasteiger partial charge in [-0.05, 0) is 5.41 Å². The van der Waals surface area contributed by atoms with Crippen LogP contribution in [-0.4, -0.2) is 12.5 Å². The van der Waals surface area contributed by atoms with Crippen molar-refractivity contribution >= 4 is 5.91 Å². The van der Waals surface area contributed by atoms with Gasteiger partial charge in [0.15, 0.2) is 0 Å². The second kappa shape index (κ2) is 3.74. The summed E-state index contributed by atoms with van der Waals surface area (Å²) in [5.74, 6) is 0.234. The zero-order valence-electron chi connectivity index (χ0n) is 8.19. The molecule has 0 atom stereocenters. The molecule has 2 heteroatoms. The molecule has 0 aliphatic rings. The van der Waals surface area contributed by atoms with Gasteiger partial charge in [0.2, 0.25) is 5.91 Å². The second-order valence-electron chi connectivity index (χ2n) is 4.43. The van der Waals surface area contributed by atoms with Crippen LogP contribution in [0, 0.1) is 11.3 Å². The summed E-state index contributed by atoms with van der Waals surface area (Å²) in [5.41, 5.74) is 0.185. The Hall–Kier alpha value is -0.530. The first-order chi connectivity index (χ1) is 4.83. The maximum Gasteiger partial charge on any atom is 0.222 e. The summed E-state index contributed by atoms with van der Waals surface area (Å²) in [6.07, 6.45) is 0. The molecule has 11 heavy (non-hydrogen) atoms. The number of nitrogens with one attached hydrogen (secondary N) is 1. The predicted octanol–water partition coefficient (Wildman–Crippen LogP) is 1.80. The Kier molecular flexibility index (Phi) is 3.56. The minimum atomic E-state index is 0.0948. The Morgan fingerprint density at radius 1 is 1.36 bits per heavy atom. The zero-order valence-corrected chi connectivity index (χ0v) is 8.19. The summed E-state index contributed by atoms with van der Waals surface area (Å²) in [4.78, 5) is 11.1. The lowest BCUT2D eigenvalue weighted by Crippen LogP contribution is -2.34. The van der Waals surface area contributed by atoms with Crippen molar-refractivity contribution in [1.29, 1.82) is 0 Å². The molecule has 0 spiro atoms. The molecule has 0 bridgehead atoms. The van der Waals surface area contributed by atoms with E-state index in [1.807, 2.05) is 13.8 Å². The van der Waals surface area contributed by atoms with Crippen molar-refractivity contribution in [1.82, 2.24) is 5.32 Å². The summed E-state index contributed by atoms with van der Waals surface area (Å²) in [6, 6.07) is 0. The van der Waals surface area contributed by atoms with Gasteiger partial charge in [0.05, 0.1) is 0 Å². The lowest BCUT2D eigenvalue weighted by Gasteiger charge is -2.19. The normalized spacial score (nSPS) is 11.8. The Balaban J connectivity index is 3.64.